The number of carbonyl (C=O) groups excluding carboxylic acids is 2. The highest BCUT2D eigenvalue weighted by atomic mass is 32.1. The van der Waals surface area contributed by atoms with E-state index in [1.54, 1.807) is 6.07 Å². The summed E-state index contributed by atoms with van der Waals surface area (Å²) in [5.74, 6) is -0.685. The average Bonchev–Trinajstić information content (AvgIpc) is 3.30. The lowest BCUT2D eigenvalue weighted by Crippen LogP contribution is -2.40. The Kier molecular flexibility index (Phi) is 6.75. The molecule has 166 valence electrons. The van der Waals surface area contributed by atoms with Gasteiger partial charge in [-0.05, 0) is 49.1 Å². The second-order valence-corrected chi connectivity index (χ2v) is 8.62. The van der Waals surface area contributed by atoms with Gasteiger partial charge in [-0.15, -0.1) is 10.2 Å². The molecule has 3 amide bonds. The predicted octanol–water partition coefficient (Wildman–Crippen LogP) is 4.90. The molecule has 32 heavy (non-hydrogen) atoms. The summed E-state index contributed by atoms with van der Waals surface area (Å²) in [6.45, 7) is 3.27. The molecule has 4 rings (SSSR count). The van der Waals surface area contributed by atoms with Crippen LogP contribution in [0.25, 0.3) is 0 Å². The first kappa shape index (κ1) is 21.9. The van der Waals surface area contributed by atoms with Crippen molar-refractivity contribution >= 4 is 34.6 Å². The molecule has 0 spiro atoms. The molecule has 1 saturated heterocycles. The molecule has 0 unspecified atom stereocenters. The van der Waals surface area contributed by atoms with E-state index in [4.69, 9.17) is 0 Å². The molecular formula is C23H24FN5O2S. The van der Waals surface area contributed by atoms with Crippen LogP contribution in [0.2, 0.25) is 0 Å². The fourth-order valence-electron chi connectivity index (χ4n) is 3.72. The quantitative estimate of drug-likeness (QED) is 0.575. The normalized spacial score (nSPS) is 14.2. The molecule has 0 aliphatic carbocycles. The van der Waals surface area contributed by atoms with Crippen molar-refractivity contribution in [3.63, 3.8) is 0 Å². The van der Waals surface area contributed by atoms with Crippen LogP contribution < -0.4 is 10.6 Å². The number of nitrogens with zero attached hydrogens (tertiary/aromatic N) is 3. The van der Waals surface area contributed by atoms with Gasteiger partial charge in [0.15, 0.2) is 0 Å². The average molecular weight is 454 g/mol. The van der Waals surface area contributed by atoms with Crippen molar-refractivity contribution in [2.24, 2.45) is 0 Å². The number of aryl methyl sites for hydroxylation is 1. The van der Waals surface area contributed by atoms with Crippen molar-refractivity contribution in [3.05, 3.63) is 69.9 Å². The summed E-state index contributed by atoms with van der Waals surface area (Å²) in [5, 5.41) is 14.9. The zero-order valence-electron chi connectivity index (χ0n) is 17.7. The Hall–Kier alpha value is -3.33. The number of likely N-dealkylation sites (tertiary alicyclic amines) is 1. The van der Waals surface area contributed by atoms with Gasteiger partial charge in [-0.3, -0.25) is 4.79 Å². The van der Waals surface area contributed by atoms with Gasteiger partial charge < -0.3 is 15.5 Å². The van der Waals surface area contributed by atoms with E-state index in [-0.39, 0.29) is 17.0 Å². The minimum Gasteiger partial charge on any atom is -0.324 e. The number of amides is 3. The molecule has 7 nitrogen and oxygen atoms in total. The van der Waals surface area contributed by atoms with Crippen molar-refractivity contribution < 1.29 is 14.0 Å². The first-order valence-electron chi connectivity index (χ1n) is 10.6. The Labute approximate surface area is 189 Å². The van der Waals surface area contributed by atoms with Crippen LogP contribution in [0.4, 0.5) is 20.6 Å². The number of anilines is 2. The summed E-state index contributed by atoms with van der Waals surface area (Å²) < 4.78 is 13.3. The maximum Gasteiger partial charge on any atom is 0.321 e. The zero-order valence-corrected chi connectivity index (χ0v) is 18.5. The largest absolute Gasteiger partial charge is 0.324 e. The van der Waals surface area contributed by atoms with Crippen LogP contribution in [0.5, 0.6) is 0 Å². The van der Waals surface area contributed by atoms with Crippen molar-refractivity contribution in [1.82, 2.24) is 15.1 Å². The maximum atomic E-state index is 13.3. The first-order chi connectivity index (χ1) is 15.5. The lowest BCUT2D eigenvalue weighted by molar-refractivity contribution is 0.102. The molecule has 1 aromatic heterocycles. The Morgan fingerprint density at radius 3 is 2.62 bits per heavy atom. The highest BCUT2D eigenvalue weighted by Crippen LogP contribution is 2.31. The molecule has 0 atom stereocenters. The van der Waals surface area contributed by atoms with Gasteiger partial charge in [-0.2, -0.15) is 0 Å². The van der Waals surface area contributed by atoms with Crippen LogP contribution in [0.15, 0.2) is 48.5 Å². The summed E-state index contributed by atoms with van der Waals surface area (Å²) in [4.78, 5) is 26.9. The summed E-state index contributed by atoms with van der Waals surface area (Å²) >= 11 is 1.24. The van der Waals surface area contributed by atoms with Gasteiger partial charge in [0.25, 0.3) is 5.91 Å². The molecule has 9 heteroatoms. The third-order valence-electron chi connectivity index (χ3n) is 5.49. The van der Waals surface area contributed by atoms with Gasteiger partial charge in [-0.1, -0.05) is 42.5 Å². The topological polar surface area (TPSA) is 87.2 Å². The van der Waals surface area contributed by atoms with Crippen LogP contribution in [0, 0.1) is 5.82 Å². The van der Waals surface area contributed by atoms with E-state index in [1.165, 1.54) is 29.5 Å². The van der Waals surface area contributed by atoms with E-state index >= 15 is 0 Å². The van der Waals surface area contributed by atoms with Crippen molar-refractivity contribution in [3.8, 4) is 0 Å². The Morgan fingerprint density at radius 1 is 1.09 bits per heavy atom. The Bertz CT molecular complexity index is 1110. The number of urea groups is 1. The molecule has 1 aliphatic rings. The zero-order chi connectivity index (χ0) is 22.5. The second kappa shape index (κ2) is 9.86. The third kappa shape index (κ3) is 5.11. The van der Waals surface area contributed by atoms with Crippen molar-refractivity contribution in [1.29, 1.82) is 0 Å². The molecule has 1 fully saturated rings. The highest BCUT2D eigenvalue weighted by Gasteiger charge is 2.27. The lowest BCUT2D eigenvalue weighted by atomic mass is 9.98. The number of piperidine rings is 1. The van der Waals surface area contributed by atoms with Crippen molar-refractivity contribution in [2.45, 2.75) is 32.1 Å². The molecule has 2 aromatic carbocycles. The van der Waals surface area contributed by atoms with Gasteiger partial charge in [0, 0.05) is 30.4 Å². The van der Waals surface area contributed by atoms with E-state index in [0.717, 1.165) is 35.5 Å². The second-order valence-electron chi connectivity index (χ2n) is 7.61. The number of rotatable bonds is 5. The Morgan fingerprint density at radius 2 is 1.88 bits per heavy atom. The maximum absolute atomic E-state index is 13.3. The third-order valence-corrected chi connectivity index (χ3v) is 6.57. The van der Waals surface area contributed by atoms with Gasteiger partial charge in [0.05, 0.1) is 0 Å². The molecule has 0 saturated carbocycles. The minimum absolute atomic E-state index is 0.100. The van der Waals surface area contributed by atoms with Gasteiger partial charge in [0.1, 0.15) is 10.8 Å². The minimum atomic E-state index is -0.422. The molecule has 2 heterocycles. The van der Waals surface area contributed by atoms with Gasteiger partial charge >= 0.3 is 6.03 Å². The van der Waals surface area contributed by atoms with E-state index in [2.05, 4.69) is 27.8 Å². The number of halogens is 1. The summed E-state index contributed by atoms with van der Waals surface area (Å²) in [7, 11) is 0. The fourth-order valence-corrected chi connectivity index (χ4v) is 4.62. The molecular weight excluding hydrogens is 429 g/mol. The summed E-state index contributed by atoms with van der Waals surface area (Å²) in [6, 6.07) is 13.4. The molecule has 2 N–H and O–H groups in total. The van der Waals surface area contributed by atoms with Gasteiger partial charge in [0.2, 0.25) is 5.01 Å². The smallest absolute Gasteiger partial charge is 0.321 e. The van der Waals surface area contributed by atoms with E-state index in [0.29, 0.717) is 18.8 Å². The predicted molar refractivity (Wildman–Crippen MR) is 123 cm³/mol. The SMILES string of the molecule is CCc1ccccc1NC(=O)N1CCC(c2nnc(C(=O)Nc3cccc(F)c3)s2)CC1. The lowest BCUT2D eigenvalue weighted by Gasteiger charge is -2.31. The number of para-hydroxylation sites is 1. The highest BCUT2D eigenvalue weighted by molar-refractivity contribution is 7.13. The number of nitrogens with one attached hydrogen (secondary N) is 2. The fraction of sp³-hybridized carbons (Fsp3) is 0.304. The van der Waals surface area contributed by atoms with Crippen molar-refractivity contribution in [2.75, 3.05) is 23.7 Å². The van der Waals surface area contributed by atoms with Crippen LogP contribution >= 0.6 is 11.3 Å². The standard InChI is InChI=1S/C23H24FN5O2S/c1-2-15-6-3-4-9-19(15)26-23(31)29-12-10-16(11-13-29)21-27-28-22(32-21)20(30)25-18-8-5-7-17(24)14-18/h3-9,14,16H,2,10-13H2,1H3,(H,25,30)(H,26,31). The number of hydrogen-bond acceptors (Lipinski definition) is 5. The molecule has 1 aliphatic heterocycles. The van der Waals surface area contributed by atoms with Crippen LogP contribution in [-0.2, 0) is 6.42 Å². The van der Waals surface area contributed by atoms with Crippen LogP contribution in [-0.4, -0.2) is 40.1 Å². The summed E-state index contributed by atoms with van der Waals surface area (Å²) in [6.07, 6.45) is 2.36. The number of benzene rings is 2. The van der Waals surface area contributed by atoms with Crippen LogP contribution in [0.3, 0.4) is 0 Å². The van der Waals surface area contributed by atoms with Gasteiger partial charge in [-0.25, -0.2) is 9.18 Å². The number of hydrogen-bond donors (Lipinski definition) is 2. The Balaban J connectivity index is 1.32. The van der Waals surface area contributed by atoms with E-state index in [1.807, 2.05) is 29.2 Å². The molecule has 0 bridgehead atoms. The molecule has 0 radical (unpaired) electrons. The first-order valence-corrected chi connectivity index (χ1v) is 11.4. The van der Waals surface area contributed by atoms with E-state index in [9.17, 15) is 14.0 Å². The van der Waals surface area contributed by atoms with E-state index < -0.39 is 11.7 Å². The number of carbonyl (C=O) groups is 2. The number of aromatic nitrogens is 2. The summed E-state index contributed by atoms with van der Waals surface area (Å²) in [5.41, 5.74) is 2.32. The molecule has 3 aromatic rings. The monoisotopic (exact) mass is 453 g/mol. The van der Waals surface area contributed by atoms with Crippen LogP contribution in [0.1, 0.15) is 46.1 Å².